The number of carbonyl (C=O) groups excluding carboxylic acids is 1. The van der Waals surface area contributed by atoms with Gasteiger partial charge in [-0.25, -0.2) is 0 Å². The number of carbonyl (C=O) groups is 2. The monoisotopic (exact) mass is 348 g/mol. The lowest BCUT2D eigenvalue weighted by Gasteiger charge is -2.23. The number of hydrogen-bond acceptors (Lipinski definition) is 5. The van der Waals surface area contributed by atoms with E-state index in [0.29, 0.717) is 36.7 Å². The van der Waals surface area contributed by atoms with Crippen LogP contribution in [0.3, 0.4) is 0 Å². The molecule has 2 aliphatic rings. The van der Waals surface area contributed by atoms with E-state index < -0.39 is 11.4 Å². The molecule has 1 aromatic rings. The smallest absolute Gasteiger partial charge is 0.311 e. The zero-order chi connectivity index (χ0) is 18.0. The standard InChI is InChI=1S/C18H24N2O5/c1-24-13-5-6-15(25-2)14(8-13)19-16(21)10-20-9-12-4-3-7-18(12,11-20)17(22)23/h5-6,8,12H,3-4,7,9-11H2,1-2H3,(H,19,21)(H,22,23)/t12-,18+/m0/s1. The van der Waals surface area contributed by atoms with Crippen molar-refractivity contribution in [3.63, 3.8) is 0 Å². The van der Waals surface area contributed by atoms with E-state index in [2.05, 4.69) is 5.32 Å². The highest BCUT2D eigenvalue weighted by molar-refractivity contribution is 5.94. The van der Waals surface area contributed by atoms with Gasteiger partial charge in [-0.05, 0) is 30.9 Å². The predicted octanol–water partition coefficient (Wildman–Crippen LogP) is 1.83. The van der Waals surface area contributed by atoms with Gasteiger partial charge in [0, 0.05) is 19.2 Å². The van der Waals surface area contributed by atoms with E-state index in [1.165, 1.54) is 7.11 Å². The van der Waals surface area contributed by atoms with Crippen LogP contribution >= 0.6 is 0 Å². The van der Waals surface area contributed by atoms with Crippen molar-refractivity contribution in [2.75, 3.05) is 39.2 Å². The van der Waals surface area contributed by atoms with Crippen LogP contribution in [0.1, 0.15) is 19.3 Å². The minimum atomic E-state index is -0.729. The van der Waals surface area contributed by atoms with Crippen LogP contribution in [0.4, 0.5) is 5.69 Å². The number of fused-ring (bicyclic) bond motifs is 1. The van der Waals surface area contributed by atoms with E-state index in [1.54, 1.807) is 25.3 Å². The fourth-order valence-electron chi connectivity index (χ4n) is 4.17. The third-order valence-corrected chi connectivity index (χ3v) is 5.42. The van der Waals surface area contributed by atoms with Crippen LogP contribution in [0, 0.1) is 11.3 Å². The molecule has 0 spiro atoms. The Balaban J connectivity index is 1.65. The Kier molecular flexibility index (Phi) is 4.85. The normalized spacial score (nSPS) is 25.4. The molecule has 0 radical (unpaired) electrons. The zero-order valence-corrected chi connectivity index (χ0v) is 14.6. The molecule has 1 aliphatic heterocycles. The van der Waals surface area contributed by atoms with Crippen LogP contribution in [0.25, 0.3) is 0 Å². The number of anilines is 1. The summed E-state index contributed by atoms with van der Waals surface area (Å²) in [5, 5.41) is 12.5. The molecule has 1 aliphatic carbocycles. The number of rotatable bonds is 6. The molecule has 3 rings (SSSR count). The number of carboxylic acid groups (broad SMARTS) is 1. The summed E-state index contributed by atoms with van der Waals surface area (Å²) in [6.45, 7) is 1.27. The maximum absolute atomic E-state index is 12.4. The van der Waals surface area contributed by atoms with Gasteiger partial charge in [-0.15, -0.1) is 0 Å². The average Bonchev–Trinajstić information content (AvgIpc) is 3.12. The molecular formula is C18H24N2O5. The molecule has 1 aromatic carbocycles. The Labute approximate surface area is 146 Å². The number of likely N-dealkylation sites (tertiary alicyclic amines) is 1. The van der Waals surface area contributed by atoms with Gasteiger partial charge in [-0.3, -0.25) is 14.5 Å². The Bertz CT molecular complexity index is 677. The zero-order valence-electron chi connectivity index (χ0n) is 14.6. The number of benzene rings is 1. The van der Waals surface area contributed by atoms with Crippen LogP contribution in [0.2, 0.25) is 0 Å². The van der Waals surface area contributed by atoms with Crippen molar-refractivity contribution in [3.8, 4) is 11.5 Å². The molecule has 2 N–H and O–H groups in total. The summed E-state index contributed by atoms with van der Waals surface area (Å²) in [7, 11) is 3.09. The lowest BCUT2D eigenvalue weighted by molar-refractivity contribution is -0.149. The first kappa shape index (κ1) is 17.5. The lowest BCUT2D eigenvalue weighted by atomic mass is 9.81. The van der Waals surface area contributed by atoms with E-state index in [0.717, 1.165) is 12.8 Å². The summed E-state index contributed by atoms with van der Waals surface area (Å²) in [4.78, 5) is 26.1. The van der Waals surface area contributed by atoms with Crippen LogP contribution in [-0.4, -0.2) is 55.7 Å². The molecule has 2 atom stereocenters. The average molecular weight is 348 g/mol. The molecule has 0 bridgehead atoms. The van der Waals surface area contributed by atoms with Crippen molar-refractivity contribution in [2.45, 2.75) is 19.3 Å². The second-order valence-corrected chi connectivity index (χ2v) is 6.83. The molecule has 0 aromatic heterocycles. The van der Waals surface area contributed by atoms with Crippen molar-refractivity contribution in [3.05, 3.63) is 18.2 Å². The van der Waals surface area contributed by atoms with Gasteiger partial charge in [0.2, 0.25) is 5.91 Å². The predicted molar refractivity (Wildman–Crippen MR) is 92.0 cm³/mol. The molecule has 1 heterocycles. The Morgan fingerprint density at radius 3 is 2.80 bits per heavy atom. The minimum absolute atomic E-state index is 0.143. The highest BCUT2D eigenvalue weighted by Crippen LogP contribution is 2.48. The first-order chi connectivity index (χ1) is 12.0. The van der Waals surface area contributed by atoms with Gasteiger partial charge in [0.1, 0.15) is 11.5 Å². The van der Waals surface area contributed by atoms with Gasteiger partial charge in [0.05, 0.1) is 31.9 Å². The number of carboxylic acids is 1. The molecule has 7 heteroatoms. The summed E-state index contributed by atoms with van der Waals surface area (Å²) >= 11 is 0. The molecular weight excluding hydrogens is 324 g/mol. The van der Waals surface area contributed by atoms with Gasteiger partial charge < -0.3 is 19.9 Å². The van der Waals surface area contributed by atoms with Gasteiger partial charge in [0.15, 0.2) is 0 Å². The van der Waals surface area contributed by atoms with Crippen LogP contribution < -0.4 is 14.8 Å². The second kappa shape index (κ2) is 6.92. The number of nitrogens with zero attached hydrogens (tertiary/aromatic N) is 1. The number of ether oxygens (including phenoxy) is 2. The van der Waals surface area contributed by atoms with Crippen LogP contribution in [0.15, 0.2) is 18.2 Å². The number of nitrogens with one attached hydrogen (secondary N) is 1. The molecule has 1 amide bonds. The van der Waals surface area contributed by atoms with Crippen molar-refractivity contribution < 1.29 is 24.2 Å². The first-order valence-corrected chi connectivity index (χ1v) is 8.46. The van der Waals surface area contributed by atoms with Gasteiger partial charge in [-0.1, -0.05) is 6.42 Å². The van der Waals surface area contributed by atoms with E-state index in [4.69, 9.17) is 9.47 Å². The maximum atomic E-state index is 12.4. The van der Waals surface area contributed by atoms with E-state index in [9.17, 15) is 14.7 Å². The van der Waals surface area contributed by atoms with E-state index >= 15 is 0 Å². The molecule has 0 unspecified atom stereocenters. The minimum Gasteiger partial charge on any atom is -0.497 e. The van der Waals surface area contributed by atoms with Crippen molar-refractivity contribution in [1.29, 1.82) is 0 Å². The Morgan fingerprint density at radius 1 is 1.36 bits per heavy atom. The fourth-order valence-corrected chi connectivity index (χ4v) is 4.17. The van der Waals surface area contributed by atoms with Crippen LogP contribution in [-0.2, 0) is 9.59 Å². The van der Waals surface area contributed by atoms with Crippen LogP contribution in [0.5, 0.6) is 11.5 Å². The highest BCUT2D eigenvalue weighted by atomic mass is 16.5. The highest BCUT2D eigenvalue weighted by Gasteiger charge is 2.54. The SMILES string of the molecule is COc1ccc(OC)c(NC(=O)CN2C[C@@H]3CCC[C@@]3(C(=O)O)C2)c1. The molecule has 136 valence electrons. The Morgan fingerprint density at radius 2 is 2.16 bits per heavy atom. The van der Waals surface area contributed by atoms with Crippen molar-refractivity contribution >= 4 is 17.6 Å². The second-order valence-electron chi connectivity index (χ2n) is 6.83. The summed E-state index contributed by atoms with van der Waals surface area (Å²) in [5.74, 6) is 0.398. The number of methoxy groups -OCH3 is 2. The van der Waals surface area contributed by atoms with Gasteiger partial charge in [-0.2, -0.15) is 0 Å². The quantitative estimate of drug-likeness (QED) is 0.815. The molecule has 1 saturated heterocycles. The number of amides is 1. The summed E-state index contributed by atoms with van der Waals surface area (Å²) in [5.41, 5.74) is -0.132. The summed E-state index contributed by atoms with van der Waals surface area (Å²) in [6, 6.07) is 5.19. The lowest BCUT2D eigenvalue weighted by Crippen LogP contribution is -2.37. The Hall–Kier alpha value is -2.28. The van der Waals surface area contributed by atoms with E-state index in [1.807, 2.05) is 4.90 Å². The molecule has 1 saturated carbocycles. The third-order valence-electron chi connectivity index (χ3n) is 5.42. The third kappa shape index (κ3) is 3.28. The maximum Gasteiger partial charge on any atom is 0.311 e. The van der Waals surface area contributed by atoms with Crippen molar-refractivity contribution in [1.82, 2.24) is 4.90 Å². The first-order valence-electron chi connectivity index (χ1n) is 8.46. The topological polar surface area (TPSA) is 88.1 Å². The number of aliphatic carboxylic acids is 1. The summed E-state index contributed by atoms with van der Waals surface area (Å²) < 4.78 is 10.4. The summed E-state index contributed by atoms with van der Waals surface area (Å²) in [6.07, 6.45) is 2.58. The van der Waals surface area contributed by atoms with Crippen molar-refractivity contribution in [2.24, 2.45) is 11.3 Å². The fraction of sp³-hybridized carbons (Fsp3) is 0.556. The molecule has 25 heavy (non-hydrogen) atoms. The van der Waals surface area contributed by atoms with E-state index in [-0.39, 0.29) is 18.4 Å². The largest absolute Gasteiger partial charge is 0.497 e. The molecule has 7 nitrogen and oxygen atoms in total. The molecule has 2 fully saturated rings. The number of hydrogen-bond donors (Lipinski definition) is 2. The van der Waals surface area contributed by atoms with Gasteiger partial charge >= 0.3 is 5.97 Å². The van der Waals surface area contributed by atoms with Gasteiger partial charge in [0.25, 0.3) is 0 Å².